The molecule has 1 N–H and O–H groups in total. The van der Waals surface area contributed by atoms with E-state index >= 15 is 0 Å². The zero-order valence-electron chi connectivity index (χ0n) is 13.3. The van der Waals surface area contributed by atoms with Gasteiger partial charge in [-0.15, -0.1) is 0 Å². The molecule has 120 valence electrons. The van der Waals surface area contributed by atoms with Crippen LogP contribution < -0.4 is 0 Å². The van der Waals surface area contributed by atoms with E-state index in [1.165, 1.54) is 18.6 Å². The number of rotatable bonds is 5. The first-order valence-corrected chi connectivity index (χ1v) is 7.99. The lowest BCUT2D eigenvalue weighted by Gasteiger charge is -2.38. The zero-order valence-corrected chi connectivity index (χ0v) is 13.3. The first-order valence-electron chi connectivity index (χ1n) is 7.99. The Kier molecular flexibility index (Phi) is 5.22. The lowest BCUT2D eigenvalue weighted by Crippen LogP contribution is -2.39. The van der Waals surface area contributed by atoms with Crippen molar-refractivity contribution in [3.05, 3.63) is 35.4 Å². The van der Waals surface area contributed by atoms with Crippen LogP contribution in [0.3, 0.4) is 0 Å². The van der Waals surface area contributed by atoms with Crippen LogP contribution in [0.1, 0.15) is 73.1 Å². The molecule has 0 aliphatic heterocycles. The standard InChI is InChI=1S/C18H24O4/c1-13(2)12-18(10-6-3-7-11-18)22-17(21)15-9-5-4-8-14(15)16(19)20/h4-5,8-9,13H,3,6-7,10-12H2,1-2H3,(H,19,20). The maximum atomic E-state index is 12.5. The summed E-state index contributed by atoms with van der Waals surface area (Å²) in [5, 5.41) is 9.22. The van der Waals surface area contributed by atoms with E-state index < -0.39 is 17.5 Å². The first-order chi connectivity index (χ1) is 10.4. The predicted octanol–water partition coefficient (Wildman–Crippen LogP) is 4.29. The van der Waals surface area contributed by atoms with Crippen molar-refractivity contribution < 1.29 is 19.4 Å². The SMILES string of the molecule is CC(C)CC1(OC(=O)c2ccccc2C(=O)O)CCCCC1. The number of carboxylic acids is 1. The molecule has 0 heterocycles. The lowest BCUT2D eigenvalue weighted by atomic mass is 9.79. The maximum absolute atomic E-state index is 12.5. The second kappa shape index (κ2) is 6.95. The molecule has 4 heteroatoms. The number of carboxylic acid groups (broad SMARTS) is 1. The molecule has 0 saturated heterocycles. The third-order valence-electron chi connectivity index (χ3n) is 4.23. The number of ether oxygens (including phenoxy) is 1. The highest BCUT2D eigenvalue weighted by Crippen LogP contribution is 2.37. The van der Waals surface area contributed by atoms with Crippen LogP contribution in [0.15, 0.2) is 24.3 Å². The molecule has 0 radical (unpaired) electrons. The average molecular weight is 304 g/mol. The van der Waals surface area contributed by atoms with Gasteiger partial charge < -0.3 is 9.84 Å². The van der Waals surface area contributed by atoms with Crippen LogP contribution in [0.5, 0.6) is 0 Å². The van der Waals surface area contributed by atoms with Crippen molar-refractivity contribution in [3.8, 4) is 0 Å². The Morgan fingerprint density at radius 2 is 1.73 bits per heavy atom. The third kappa shape index (κ3) is 3.87. The van der Waals surface area contributed by atoms with Gasteiger partial charge in [-0.1, -0.05) is 32.4 Å². The zero-order chi connectivity index (χ0) is 16.2. The minimum atomic E-state index is -1.10. The third-order valence-corrected chi connectivity index (χ3v) is 4.23. The van der Waals surface area contributed by atoms with E-state index in [0.29, 0.717) is 5.92 Å². The number of carbonyl (C=O) groups is 2. The fraction of sp³-hybridized carbons (Fsp3) is 0.556. The molecule has 0 unspecified atom stereocenters. The highest BCUT2D eigenvalue weighted by molar-refractivity contribution is 6.02. The van der Waals surface area contributed by atoms with Gasteiger partial charge in [-0.3, -0.25) is 0 Å². The summed E-state index contributed by atoms with van der Waals surface area (Å²) in [6, 6.07) is 6.25. The molecule has 0 spiro atoms. The number of hydrogen-bond donors (Lipinski definition) is 1. The predicted molar refractivity (Wildman–Crippen MR) is 84.1 cm³/mol. The van der Waals surface area contributed by atoms with Gasteiger partial charge in [0.05, 0.1) is 11.1 Å². The van der Waals surface area contributed by atoms with Gasteiger partial charge in [0.25, 0.3) is 0 Å². The highest BCUT2D eigenvalue weighted by atomic mass is 16.6. The summed E-state index contributed by atoms with van der Waals surface area (Å²) < 4.78 is 5.86. The van der Waals surface area contributed by atoms with Crippen molar-refractivity contribution in [3.63, 3.8) is 0 Å². The quantitative estimate of drug-likeness (QED) is 0.824. The summed E-state index contributed by atoms with van der Waals surface area (Å²) in [6.07, 6.45) is 5.84. The molecule has 4 nitrogen and oxygen atoms in total. The van der Waals surface area contributed by atoms with E-state index in [4.69, 9.17) is 4.74 Å². The molecule has 1 saturated carbocycles. The second-order valence-electron chi connectivity index (χ2n) is 6.58. The van der Waals surface area contributed by atoms with Crippen LogP contribution in [0.4, 0.5) is 0 Å². The van der Waals surface area contributed by atoms with Gasteiger partial charge in [-0.05, 0) is 50.2 Å². The summed E-state index contributed by atoms with van der Waals surface area (Å²) in [6.45, 7) is 4.24. The van der Waals surface area contributed by atoms with Gasteiger partial charge >= 0.3 is 11.9 Å². The Morgan fingerprint density at radius 3 is 2.27 bits per heavy atom. The van der Waals surface area contributed by atoms with E-state index in [-0.39, 0.29) is 11.1 Å². The molecular formula is C18H24O4. The Balaban J connectivity index is 2.23. The van der Waals surface area contributed by atoms with Gasteiger partial charge in [0.2, 0.25) is 0 Å². The van der Waals surface area contributed by atoms with Gasteiger partial charge in [-0.25, -0.2) is 9.59 Å². The maximum Gasteiger partial charge on any atom is 0.339 e. The molecule has 1 fully saturated rings. The molecule has 0 aromatic heterocycles. The summed E-state index contributed by atoms with van der Waals surface area (Å²) in [5.41, 5.74) is -0.290. The van der Waals surface area contributed by atoms with Gasteiger partial charge in [0.1, 0.15) is 5.60 Å². The van der Waals surface area contributed by atoms with Crippen LogP contribution in [0.2, 0.25) is 0 Å². The number of aromatic carboxylic acids is 1. The summed E-state index contributed by atoms with van der Waals surface area (Å²) in [5.74, 6) is -1.18. The molecular weight excluding hydrogens is 280 g/mol. The normalized spacial score (nSPS) is 17.2. The minimum absolute atomic E-state index is 0.00278. The molecule has 22 heavy (non-hydrogen) atoms. The van der Waals surface area contributed by atoms with Crippen molar-refractivity contribution in [2.24, 2.45) is 5.92 Å². The van der Waals surface area contributed by atoms with E-state index in [1.807, 2.05) is 0 Å². The fourth-order valence-electron chi connectivity index (χ4n) is 3.39. The molecule has 0 atom stereocenters. The molecule has 1 aromatic rings. The Labute approximate surface area is 131 Å². The lowest BCUT2D eigenvalue weighted by molar-refractivity contribution is -0.0486. The Morgan fingerprint density at radius 1 is 1.14 bits per heavy atom. The first kappa shape index (κ1) is 16.5. The van der Waals surface area contributed by atoms with Crippen LogP contribution >= 0.6 is 0 Å². The summed E-state index contributed by atoms with van der Waals surface area (Å²) in [4.78, 5) is 23.8. The van der Waals surface area contributed by atoms with Gasteiger partial charge in [-0.2, -0.15) is 0 Å². The van der Waals surface area contributed by atoms with E-state index in [1.54, 1.807) is 12.1 Å². The minimum Gasteiger partial charge on any atom is -0.478 e. The van der Waals surface area contributed by atoms with E-state index in [0.717, 1.165) is 32.1 Å². The van der Waals surface area contributed by atoms with Gasteiger partial charge in [0.15, 0.2) is 0 Å². The van der Waals surface area contributed by atoms with Crippen molar-refractivity contribution in [1.29, 1.82) is 0 Å². The summed E-state index contributed by atoms with van der Waals surface area (Å²) >= 11 is 0. The van der Waals surface area contributed by atoms with Crippen LogP contribution in [0.25, 0.3) is 0 Å². The molecule has 1 aliphatic carbocycles. The number of hydrogen-bond acceptors (Lipinski definition) is 3. The molecule has 0 bridgehead atoms. The van der Waals surface area contributed by atoms with E-state index in [9.17, 15) is 14.7 Å². The van der Waals surface area contributed by atoms with Crippen LogP contribution in [-0.4, -0.2) is 22.6 Å². The fourth-order valence-corrected chi connectivity index (χ4v) is 3.39. The van der Waals surface area contributed by atoms with E-state index in [2.05, 4.69) is 13.8 Å². The Hall–Kier alpha value is -1.84. The number of esters is 1. The molecule has 1 aliphatic rings. The van der Waals surface area contributed by atoms with Crippen LogP contribution in [-0.2, 0) is 4.74 Å². The van der Waals surface area contributed by atoms with Crippen molar-refractivity contribution >= 4 is 11.9 Å². The Bertz CT molecular complexity index is 542. The molecule has 0 amide bonds. The van der Waals surface area contributed by atoms with Crippen molar-refractivity contribution in [1.82, 2.24) is 0 Å². The topological polar surface area (TPSA) is 63.6 Å². The summed E-state index contributed by atoms with van der Waals surface area (Å²) in [7, 11) is 0. The second-order valence-corrected chi connectivity index (χ2v) is 6.58. The largest absolute Gasteiger partial charge is 0.478 e. The van der Waals surface area contributed by atoms with Crippen molar-refractivity contribution in [2.45, 2.75) is 58.0 Å². The van der Waals surface area contributed by atoms with Crippen molar-refractivity contribution in [2.75, 3.05) is 0 Å². The monoisotopic (exact) mass is 304 g/mol. The molecule has 2 rings (SSSR count). The van der Waals surface area contributed by atoms with Gasteiger partial charge in [0, 0.05) is 0 Å². The average Bonchev–Trinajstić information content (AvgIpc) is 2.47. The number of benzene rings is 1. The van der Waals surface area contributed by atoms with Crippen LogP contribution in [0, 0.1) is 5.92 Å². The highest BCUT2D eigenvalue weighted by Gasteiger charge is 2.37. The number of carbonyl (C=O) groups excluding carboxylic acids is 1. The smallest absolute Gasteiger partial charge is 0.339 e. The molecule has 1 aromatic carbocycles.